The van der Waals surface area contributed by atoms with Crippen molar-refractivity contribution in [1.82, 2.24) is 0 Å². The quantitative estimate of drug-likeness (QED) is 0.755. The third-order valence-electron chi connectivity index (χ3n) is 3.95. The van der Waals surface area contributed by atoms with Crippen LogP contribution in [-0.4, -0.2) is 23.4 Å². The molecule has 0 aromatic carbocycles. The Morgan fingerprint density at radius 2 is 2.21 bits per heavy atom. The van der Waals surface area contributed by atoms with E-state index in [1.165, 1.54) is 19.3 Å². The molecule has 82 valence electrons. The lowest BCUT2D eigenvalue weighted by atomic mass is 9.68. The van der Waals surface area contributed by atoms with E-state index >= 15 is 0 Å². The second-order valence-electron chi connectivity index (χ2n) is 4.97. The summed E-state index contributed by atoms with van der Waals surface area (Å²) in [6.45, 7) is 2.94. The third kappa shape index (κ3) is 1.96. The first kappa shape index (κ1) is 10.4. The van der Waals surface area contributed by atoms with E-state index in [9.17, 15) is 5.11 Å². The molecule has 1 aliphatic carbocycles. The zero-order chi connectivity index (χ0) is 10.0. The summed E-state index contributed by atoms with van der Waals surface area (Å²) in [5.41, 5.74) is -0.379. The van der Waals surface area contributed by atoms with Crippen molar-refractivity contribution < 1.29 is 9.84 Å². The van der Waals surface area contributed by atoms with Gasteiger partial charge in [-0.05, 0) is 31.6 Å². The normalized spacial score (nSPS) is 39.4. The number of rotatable bonds is 3. The Labute approximate surface area is 86.6 Å². The first-order valence-corrected chi connectivity index (χ1v) is 6.08. The summed E-state index contributed by atoms with van der Waals surface area (Å²) >= 11 is 0. The monoisotopic (exact) mass is 198 g/mol. The van der Waals surface area contributed by atoms with Crippen LogP contribution >= 0.6 is 0 Å². The lowest BCUT2D eigenvalue weighted by Gasteiger charge is -2.46. The van der Waals surface area contributed by atoms with Crippen molar-refractivity contribution in [3.05, 3.63) is 0 Å². The van der Waals surface area contributed by atoms with Crippen LogP contribution < -0.4 is 0 Å². The van der Waals surface area contributed by atoms with Gasteiger partial charge in [0.05, 0.1) is 11.7 Å². The summed E-state index contributed by atoms with van der Waals surface area (Å²) < 4.78 is 5.67. The minimum atomic E-state index is -0.379. The van der Waals surface area contributed by atoms with Crippen molar-refractivity contribution in [2.45, 2.75) is 63.6 Å². The highest BCUT2D eigenvalue weighted by Gasteiger charge is 2.43. The molecule has 1 heterocycles. The fraction of sp³-hybridized carbons (Fsp3) is 1.00. The van der Waals surface area contributed by atoms with Crippen LogP contribution in [0.3, 0.4) is 0 Å². The maximum atomic E-state index is 10.5. The summed E-state index contributed by atoms with van der Waals surface area (Å²) in [6, 6.07) is 0. The van der Waals surface area contributed by atoms with Crippen LogP contribution in [0.15, 0.2) is 0 Å². The minimum absolute atomic E-state index is 0.319. The van der Waals surface area contributed by atoms with Crippen molar-refractivity contribution >= 4 is 0 Å². The molecule has 0 aromatic rings. The molecule has 2 unspecified atom stereocenters. The van der Waals surface area contributed by atoms with Crippen molar-refractivity contribution in [2.75, 3.05) is 6.61 Å². The van der Waals surface area contributed by atoms with E-state index in [1.807, 2.05) is 0 Å². The van der Waals surface area contributed by atoms with Crippen LogP contribution in [0.1, 0.15) is 51.9 Å². The van der Waals surface area contributed by atoms with E-state index in [4.69, 9.17) is 4.74 Å². The Morgan fingerprint density at radius 1 is 1.43 bits per heavy atom. The van der Waals surface area contributed by atoms with Gasteiger partial charge in [0.15, 0.2) is 0 Å². The van der Waals surface area contributed by atoms with Gasteiger partial charge in [-0.3, -0.25) is 0 Å². The topological polar surface area (TPSA) is 29.5 Å². The van der Waals surface area contributed by atoms with Crippen molar-refractivity contribution in [3.63, 3.8) is 0 Å². The van der Waals surface area contributed by atoms with E-state index in [0.717, 1.165) is 32.3 Å². The maximum absolute atomic E-state index is 10.5. The number of ether oxygens (including phenoxy) is 1. The van der Waals surface area contributed by atoms with Gasteiger partial charge in [0.2, 0.25) is 0 Å². The average molecular weight is 198 g/mol. The lowest BCUT2D eigenvalue weighted by molar-refractivity contribution is -0.147. The fourth-order valence-corrected chi connectivity index (χ4v) is 2.78. The van der Waals surface area contributed by atoms with Crippen LogP contribution in [0.4, 0.5) is 0 Å². The lowest BCUT2D eigenvalue weighted by Crippen LogP contribution is -2.48. The molecule has 14 heavy (non-hydrogen) atoms. The predicted molar refractivity (Wildman–Crippen MR) is 56.2 cm³/mol. The third-order valence-corrected chi connectivity index (χ3v) is 3.95. The average Bonchev–Trinajstić information content (AvgIpc) is 2.00. The minimum Gasteiger partial charge on any atom is -0.389 e. The van der Waals surface area contributed by atoms with Gasteiger partial charge in [0.25, 0.3) is 0 Å². The summed E-state index contributed by atoms with van der Waals surface area (Å²) in [6.07, 6.45) is 8.10. The highest BCUT2D eigenvalue weighted by molar-refractivity contribution is 4.94. The van der Waals surface area contributed by atoms with Crippen LogP contribution in [0, 0.1) is 5.92 Å². The molecule has 0 amide bonds. The van der Waals surface area contributed by atoms with Crippen molar-refractivity contribution in [2.24, 2.45) is 5.92 Å². The second kappa shape index (κ2) is 4.19. The Hall–Kier alpha value is -0.0800. The molecule has 0 radical (unpaired) electrons. The Balaban J connectivity index is 1.91. The highest BCUT2D eigenvalue weighted by Crippen LogP contribution is 2.43. The van der Waals surface area contributed by atoms with E-state index in [0.29, 0.717) is 12.0 Å². The molecule has 2 heteroatoms. The van der Waals surface area contributed by atoms with Crippen LogP contribution in [0.25, 0.3) is 0 Å². The molecule has 1 N–H and O–H groups in total. The first-order chi connectivity index (χ1) is 6.74. The molecule has 0 spiro atoms. The summed E-state index contributed by atoms with van der Waals surface area (Å²) in [4.78, 5) is 0. The molecule has 2 nitrogen and oxygen atoms in total. The smallest absolute Gasteiger partial charge is 0.0722 e. The highest BCUT2D eigenvalue weighted by atomic mass is 16.5. The zero-order valence-corrected chi connectivity index (χ0v) is 9.17. The standard InChI is InChI=1S/C12H22O2/c1-2-4-11-9-12(13,7-8-14-11)10-5-3-6-10/h10-11,13H,2-9H2,1H3. The molecule has 2 fully saturated rings. The molecular weight excluding hydrogens is 176 g/mol. The SMILES string of the molecule is CCCC1CC(O)(C2CCC2)CCO1. The van der Waals surface area contributed by atoms with Gasteiger partial charge in [0.1, 0.15) is 0 Å². The van der Waals surface area contributed by atoms with Crippen LogP contribution in [0.2, 0.25) is 0 Å². The summed E-state index contributed by atoms with van der Waals surface area (Å²) in [7, 11) is 0. The number of aliphatic hydroxyl groups is 1. The van der Waals surface area contributed by atoms with Crippen LogP contribution in [-0.2, 0) is 4.74 Å². The van der Waals surface area contributed by atoms with Gasteiger partial charge < -0.3 is 9.84 Å². The molecule has 1 saturated carbocycles. The maximum Gasteiger partial charge on any atom is 0.0722 e. The predicted octanol–water partition coefficient (Wildman–Crippen LogP) is 2.50. The first-order valence-electron chi connectivity index (χ1n) is 6.08. The largest absolute Gasteiger partial charge is 0.389 e. The molecule has 0 aromatic heterocycles. The van der Waals surface area contributed by atoms with E-state index < -0.39 is 0 Å². The molecule has 1 saturated heterocycles. The Kier molecular flexibility index (Phi) is 3.13. The number of hydrogen-bond acceptors (Lipinski definition) is 2. The summed E-state index contributed by atoms with van der Waals surface area (Å²) in [5, 5.41) is 10.5. The van der Waals surface area contributed by atoms with Crippen molar-refractivity contribution in [3.8, 4) is 0 Å². The Morgan fingerprint density at radius 3 is 2.79 bits per heavy atom. The van der Waals surface area contributed by atoms with Gasteiger partial charge in [-0.25, -0.2) is 0 Å². The molecule has 2 atom stereocenters. The van der Waals surface area contributed by atoms with Gasteiger partial charge in [0, 0.05) is 13.0 Å². The van der Waals surface area contributed by atoms with E-state index in [1.54, 1.807) is 0 Å². The summed E-state index contributed by atoms with van der Waals surface area (Å²) in [5.74, 6) is 0.575. The molecule has 2 rings (SSSR count). The molecule has 0 bridgehead atoms. The zero-order valence-electron chi connectivity index (χ0n) is 9.17. The van der Waals surface area contributed by atoms with Gasteiger partial charge in [-0.15, -0.1) is 0 Å². The van der Waals surface area contributed by atoms with Gasteiger partial charge in [-0.1, -0.05) is 19.8 Å². The van der Waals surface area contributed by atoms with E-state index in [2.05, 4.69) is 6.92 Å². The second-order valence-corrected chi connectivity index (χ2v) is 4.97. The fourth-order valence-electron chi connectivity index (χ4n) is 2.78. The van der Waals surface area contributed by atoms with Gasteiger partial charge >= 0.3 is 0 Å². The van der Waals surface area contributed by atoms with Crippen LogP contribution in [0.5, 0.6) is 0 Å². The molecular formula is C12H22O2. The van der Waals surface area contributed by atoms with E-state index in [-0.39, 0.29) is 5.60 Å². The molecule has 1 aliphatic heterocycles. The number of hydrogen-bond donors (Lipinski definition) is 1. The molecule has 2 aliphatic rings. The Bertz CT molecular complexity index is 187. The van der Waals surface area contributed by atoms with Gasteiger partial charge in [-0.2, -0.15) is 0 Å². The van der Waals surface area contributed by atoms with Crippen molar-refractivity contribution in [1.29, 1.82) is 0 Å².